The molecule has 0 amide bonds. The molecule has 0 bridgehead atoms. The van der Waals surface area contributed by atoms with Crippen LogP contribution in [-0.2, 0) is 23.4 Å². The summed E-state index contributed by atoms with van der Waals surface area (Å²) in [5, 5.41) is 23.7. The molecule has 216 valence electrons. The van der Waals surface area contributed by atoms with E-state index in [1.807, 2.05) is 0 Å². The van der Waals surface area contributed by atoms with Crippen molar-refractivity contribution in [2.24, 2.45) is 0 Å². The number of H-pyrrole nitrogens is 1. The average molecular weight is 614 g/mol. The highest BCUT2D eigenvalue weighted by molar-refractivity contribution is 7.72. The van der Waals surface area contributed by atoms with Crippen molar-refractivity contribution < 1.29 is 51.3 Å². The molecule has 6 atom stereocenters. The molecule has 17 heteroatoms. The lowest BCUT2D eigenvalue weighted by atomic mass is 9.93. The number of hydrogen-bond donors (Lipinski definition) is 4. The number of rotatable bonds is 10. The molecule has 0 aliphatic carbocycles. The summed E-state index contributed by atoms with van der Waals surface area (Å²) in [7, 11) is -4.52. The lowest BCUT2D eigenvalue weighted by molar-refractivity contribution is -0.304. The van der Waals surface area contributed by atoms with Gasteiger partial charge in [-0.2, -0.15) is 18.3 Å². The van der Waals surface area contributed by atoms with Gasteiger partial charge in [0.1, 0.15) is 28.6 Å². The van der Waals surface area contributed by atoms with Gasteiger partial charge in [0.15, 0.2) is 11.0 Å². The van der Waals surface area contributed by atoms with E-state index in [2.05, 4.69) is 10.1 Å². The molecule has 4 N–H and O–H groups in total. The lowest BCUT2D eigenvalue weighted by Gasteiger charge is -2.33. The lowest BCUT2D eigenvalue weighted by Crippen LogP contribution is -2.57. The number of benzene rings is 1. The number of alkyl halides is 3. The number of aromatic nitrogens is 2. The molecular formula is C22H27F3N3O8PS2. The van der Waals surface area contributed by atoms with Crippen molar-refractivity contribution in [3.63, 3.8) is 0 Å². The number of carbonyl (C=O) groups is 1. The molecule has 0 saturated carbocycles. The van der Waals surface area contributed by atoms with E-state index in [0.29, 0.717) is 0 Å². The predicted molar refractivity (Wildman–Crippen MR) is 136 cm³/mol. The molecule has 3 rings (SSSR count). The number of carbonyl (C=O) groups excluding carboxylic acids is 1. The van der Waals surface area contributed by atoms with E-state index < -0.39 is 62.7 Å². The van der Waals surface area contributed by atoms with Gasteiger partial charge in [-0.05, 0) is 51.2 Å². The summed E-state index contributed by atoms with van der Waals surface area (Å²) >= 11 is 9.94. The van der Waals surface area contributed by atoms with Crippen LogP contribution < -0.4 is 9.61 Å². The fourth-order valence-electron chi connectivity index (χ4n) is 3.61. The van der Waals surface area contributed by atoms with Crippen LogP contribution in [-0.4, -0.2) is 68.5 Å². The number of aliphatic hydroxyl groups excluding tert-OH is 1. The second-order valence-corrected chi connectivity index (χ2v) is 11.4. The third-order valence-electron chi connectivity index (χ3n) is 5.48. The molecule has 0 spiro atoms. The Kier molecular flexibility index (Phi) is 9.76. The number of halogens is 3. The fourth-order valence-corrected chi connectivity index (χ4v) is 5.60. The highest BCUT2D eigenvalue weighted by Crippen LogP contribution is 2.51. The van der Waals surface area contributed by atoms with Gasteiger partial charge < -0.3 is 29.2 Å². The number of aliphatic hydroxyl groups is 2. The minimum absolute atomic E-state index is 0.0427. The number of aromatic amines is 1. The SMILES string of the molecule is CC(C)OC(=O)[C@H](C)NP(=O)(OC[C@H]1O[C@@H](n2ccc(=S)[nH]c2=S)[C@@](O)(C(F)(F)F)C1O)Oc1ccccc1. The van der Waals surface area contributed by atoms with Gasteiger partial charge in [-0.15, -0.1) is 0 Å². The smallest absolute Gasteiger partial charge is 0.459 e. The molecule has 39 heavy (non-hydrogen) atoms. The van der Waals surface area contributed by atoms with Crippen molar-refractivity contribution >= 4 is 38.2 Å². The summed E-state index contributed by atoms with van der Waals surface area (Å²) in [6.45, 7) is 3.56. The van der Waals surface area contributed by atoms with Crippen molar-refractivity contribution in [2.75, 3.05) is 6.61 Å². The zero-order valence-electron chi connectivity index (χ0n) is 20.8. The minimum atomic E-state index is -5.40. The van der Waals surface area contributed by atoms with Gasteiger partial charge in [-0.1, -0.05) is 30.4 Å². The highest BCUT2D eigenvalue weighted by Gasteiger charge is 2.71. The van der Waals surface area contributed by atoms with Gasteiger partial charge in [-0.3, -0.25) is 13.9 Å². The van der Waals surface area contributed by atoms with Gasteiger partial charge in [-0.25, -0.2) is 4.57 Å². The summed E-state index contributed by atoms with van der Waals surface area (Å²) in [5.41, 5.74) is -3.85. The maximum absolute atomic E-state index is 14.1. The first-order valence-electron chi connectivity index (χ1n) is 11.5. The van der Waals surface area contributed by atoms with Crippen LogP contribution in [0.2, 0.25) is 0 Å². The van der Waals surface area contributed by atoms with Crippen LogP contribution in [0.3, 0.4) is 0 Å². The van der Waals surface area contributed by atoms with Crippen molar-refractivity contribution in [1.82, 2.24) is 14.6 Å². The maximum atomic E-state index is 14.1. The molecule has 2 unspecified atom stereocenters. The van der Waals surface area contributed by atoms with Crippen LogP contribution >= 0.6 is 32.2 Å². The maximum Gasteiger partial charge on any atom is 0.459 e. The van der Waals surface area contributed by atoms with Crippen molar-refractivity contribution in [2.45, 2.75) is 63.1 Å². The second-order valence-electron chi connectivity index (χ2n) is 8.85. The number of nitrogens with zero attached hydrogens (tertiary/aromatic N) is 1. The van der Waals surface area contributed by atoms with E-state index in [4.69, 9.17) is 43.0 Å². The Labute approximate surface area is 231 Å². The summed E-state index contributed by atoms with van der Waals surface area (Å²) in [5.74, 6) is -0.758. The van der Waals surface area contributed by atoms with Crippen molar-refractivity contribution in [3.8, 4) is 5.75 Å². The molecule has 0 radical (unpaired) electrons. The zero-order valence-corrected chi connectivity index (χ0v) is 23.4. The Bertz CT molecular complexity index is 1330. The molecule has 1 aromatic heterocycles. The monoisotopic (exact) mass is 613 g/mol. The Balaban J connectivity index is 1.90. The van der Waals surface area contributed by atoms with Crippen molar-refractivity contribution in [3.05, 3.63) is 52.0 Å². The number of nitrogens with one attached hydrogen (secondary N) is 2. The van der Waals surface area contributed by atoms with E-state index in [0.717, 1.165) is 10.8 Å². The summed E-state index contributed by atoms with van der Waals surface area (Å²) < 4.78 is 77.7. The second kappa shape index (κ2) is 12.1. The molecule has 1 aromatic carbocycles. The molecule has 11 nitrogen and oxygen atoms in total. The first-order chi connectivity index (χ1) is 18.1. The largest absolute Gasteiger partial charge is 0.462 e. The Morgan fingerprint density at radius 2 is 1.90 bits per heavy atom. The van der Waals surface area contributed by atoms with Gasteiger partial charge in [0, 0.05) is 6.20 Å². The molecule has 1 aliphatic heterocycles. The number of para-hydroxylation sites is 1. The Morgan fingerprint density at radius 1 is 1.26 bits per heavy atom. The van der Waals surface area contributed by atoms with E-state index in [-0.39, 0.29) is 15.2 Å². The molecule has 1 fully saturated rings. The van der Waals surface area contributed by atoms with E-state index in [1.165, 1.54) is 25.1 Å². The van der Waals surface area contributed by atoms with Gasteiger partial charge >= 0.3 is 19.9 Å². The summed E-state index contributed by atoms with van der Waals surface area (Å²) in [6, 6.07) is 7.60. The van der Waals surface area contributed by atoms with E-state index >= 15 is 0 Å². The van der Waals surface area contributed by atoms with E-state index in [1.54, 1.807) is 32.0 Å². The zero-order chi connectivity index (χ0) is 29.2. The van der Waals surface area contributed by atoms with Crippen LogP contribution in [0.4, 0.5) is 13.2 Å². The first-order valence-corrected chi connectivity index (χ1v) is 13.8. The van der Waals surface area contributed by atoms with Crippen molar-refractivity contribution in [1.29, 1.82) is 0 Å². The third kappa shape index (κ3) is 7.13. The number of ether oxygens (including phenoxy) is 2. The number of esters is 1. The van der Waals surface area contributed by atoms with E-state index in [9.17, 15) is 32.7 Å². The van der Waals surface area contributed by atoms with Crippen LogP contribution in [0, 0.1) is 9.41 Å². The quantitative estimate of drug-likeness (QED) is 0.176. The molecule has 1 saturated heterocycles. The first kappa shape index (κ1) is 31.4. The molecule has 2 heterocycles. The summed E-state index contributed by atoms with van der Waals surface area (Å²) in [4.78, 5) is 14.8. The average Bonchev–Trinajstić information content (AvgIpc) is 3.09. The third-order valence-corrected chi connectivity index (χ3v) is 7.67. The van der Waals surface area contributed by atoms with Gasteiger partial charge in [0.2, 0.25) is 5.60 Å². The van der Waals surface area contributed by atoms with Crippen LogP contribution in [0.25, 0.3) is 0 Å². The Hall–Kier alpha value is -2.17. The van der Waals surface area contributed by atoms with Crippen LogP contribution in [0.15, 0.2) is 42.6 Å². The van der Waals surface area contributed by atoms with Gasteiger partial charge in [0.05, 0.1) is 12.7 Å². The fraction of sp³-hybridized carbons (Fsp3) is 0.500. The molecule has 1 aliphatic rings. The standard InChI is InChI=1S/C22H27F3N3O8PS2/c1-12(2)34-18(30)13(3)27-37(32,36-14-7-5-4-6-8-14)33-11-15-17(29)21(31,22(23,24)25)19(35-15)28-10-9-16(38)26-20(28)39/h4-10,12-13,15,17,19,29,31H,11H2,1-3H3,(H,27,32)(H,26,38,39)/t13-,15+,17?,19+,21+,37?/m0/s1. The van der Waals surface area contributed by atoms with Crippen LogP contribution in [0.5, 0.6) is 5.75 Å². The topological polar surface area (TPSA) is 144 Å². The Morgan fingerprint density at radius 3 is 2.46 bits per heavy atom. The minimum Gasteiger partial charge on any atom is -0.462 e. The van der Waals surface area contributed by atoms with Gasteiger partial charge in [0.25, 0.3) is 0 Å². The highest BCUT2D eigenvalue weighted by atomic mass is 32.1. The predicted octanol–water partition coefficient (Wildman–Crippen LogP) is 3.96. The normalized spacial score (nSPS) is 25.7. The number of hydrogen-bond acceptors (Lipinski definition) is 10. The van der Waals surface area contributed by atoms with Crippen LogP contribution in [0.1, 0.15) is 27.0 Å². The summed E-state index contributed by atoms with van der Waals surface area (Å²) in [6.07, 6.45) is -11.6. The molecular weight excluding hydrogens is 586 g/mol. The molecule has 2 aromatic rings.